The van der Waals surface area contributed by atoms with Crippen LogP contribution in [0.4, 0.5) is 0 Å². The van der Waals surface area contributed by atoms with Gasteiger partial charge in [0.1, 0.15) is 0 Å². The van der Waals surface area contributed by atoms with E-state index in [9.17, 15) is 4.79 Å². The molecular formula is C13H25ClN4O2. The summed E-state index contributed by atoms with van der Waals surface area (Å²) in [6.45, 7) is 9.87. The molecule has 20 heavy (non-hydrogen) atoms. The number of rotatable bonds is 5. The van der Waals surface area contributed by atoms with Gasteiger partial charge in [0.2, 0.25) is 6.10 Å². The van der Waals surface area contributed by atoms with Gasteiger partial charge in [0.15, 0.2) is 0 Å². The van der Waals surface area contributed by atoms with Gasteiger partial charge in [-0.2, -0.15) is 0 Å². The largest absolute Gasteiger partial charge is 0.382 e. The normalized spacial score (nSPS) is 22.9. The van der Waals surface area contributed by atoms with Crippen LogP contribution in [0.15, 0.2) is 5.16 Å². The minimum Gasteiger partial charge on any atom is -0.382 e. The Bertz CT molecular complexity index is 343. The van der Waals surface area contributed by atoms with Crippen molar-refractivity contribution in [1.29, 1.82) is 0 Å². The van der Waals surface area contributed by atoms with Crippen molar-refractivity contribution < 1.29 is 9.63 Å². The number of amides is 1. The fourth-order valence-electron chi connectivity index (χ4n) is 2.26. The van der Waals surface area contributed by atoms with Gasteiger partial charge in [0, 0.05) is 45.7 Å². The van der Waals surface area contributed by atoms with Gasteiger partial charge in [0.05, 0.1) is 5.71 Å². The standard InChI is InChI=1S/C13H24N4O2.ClH/c1-10(2)11-9-12(19-16-11)13(18)15-5-8-17-6-3-14-4-7-17;/h10,12,14H,3-9H2,1-2H3,(H,15,18);1H. The van der Waals surface area contributed by atoms with E-state index in [-0.39, 0.29) is 18.3 Å². The molecule has 6 nitrogen and oxygen atoms in total. The van der Waals surface area contributed by atoms with Gasteiger partial charge in [0.25, 0.3) is 5.91 Å². The molecule has 1 saturated heterocycles. The van der Waals surface area contributed by atoms with E-state index in [0.29, 0.717) is 18.9 Å². The summed E-state index contributed by atoms with van der Waals surface area (Å²) in [5, 5.41) is 10.2. The molecule has 1 atom stereocenters. The van der Waals surface area contributed by atoms with Crippen LogP contribution < -0.4 is 10.6 Å². The van der Waals surface area contributed by atoms with Crippen LogP contribution in [0.1, 0.15) is 20.3 Å². The van der Waals surface area contributed by atoms with Crippen LogP contribution in [0.2, 0.25) is 0 Å². The fourth-order valence-corrected chi connectivity index (χ4v) is 2.26. The highest BCUT2D eigenvalue weighted by atomic mass is 35.5. The van der Waals surface area contributed by atoms with E-state index in [2.05, 4.69) is 34.5 Å². The maximum atomic E-state index is 11.9. The monoisotopic (exact) mass is 304 g/mol. The summed E-state index contributed by atoms with van der Waals surface area (Å²) in [5.41, 5.74) is 0.974. The number of oxime groups is 1. The zero-order valence-electron chi connectivity index (χ0n) is 12.2. The minimum absolute atomic E-state index is 0. The molecule has 116 valence electrons. The second kappa shape index (κ2) is 8.44. The van der Waals surface area contributed by atoms with Crippen molar-refractivity contribution in [2.45, 2.75) is 26.4 Å². The average molecular weight is 305 g/mol. The quantitative estimate of drug-likeness (QED) is 0.763. The third kappa shape index (κ3) is 4.92. The lowest BCUT2D eigenvalue weighted by Crippen LogP contribution is -2.47. The molecule has 0 spiro atoms. The number of hydrogen-bond donors (Lipinski definition) is 2. The molecule has 0 bridgehead atoms. The Morgan fingerprint density at radius 2 is 2.20 bits per heavy atom. The second-order valence-corrected chi connectivity index (χ2v) is 5.42. The first-order valence-electron chi connectivity index (χ1n) is 7.10. The molecule has 2 rings (SSSR count). The molecular weight excluding hydrogens is 280 g/mol. The Balaban J connectivity index is 0.00000200. The number of nitrogens with zero attached hydrogens (tertiary/aromatic N) is 2. The number of nitrogens with one attached hydrogen (secondary N) is 2. The summed E-state index contributed by atoms with van der Waals surface area (Å²) >= 11 is 0. The van der Waals surface area contributed by atoms with Gasteiger partial charge in [-0.25, -0.2) is 0 Å². The second-order valence-electron chi connectivity index (χ2n) is 5.42. The molecule has 2 N–H and O–H groups in total. The van der Waals surface area contributed by atoms with Gasteiger partial charge in [-0.05, 0) is 5.92 Å². The van der Waals surface area contributed by atoms with Gasteiger partial charge < -0.3 is 15.5 Å². The summed E-state index contributed by atoms with van der Waals surface area (Å²) in [5.74, 6) is 0.299. The van der Waals surface area contributed by atoms with Crippen molar-refractivity contribution in [3.05, 3.63) is 0 Å². The van der Waals surface area contributed by atoms with E-state index >= 15 is 0 Å². The van der Waals surface area contributed by atoms with Crippen LogP contribution in [0.25, 0.3) is 0 Å². The van der Waals surface area contributed by atoms with E-state index in [1.807, 2.05) is 0 Å². The predicted octanol–water partition coefficient (Wildman–Crippen LogP) is 0.231. The van der Waals surface area contributed by atoms with Crippen LogP contribution in [0.3, 0.4) is 0 Å². The van der Waals surface area contributed by atoms with Gasteiger partial charge in [-0.1, -0.05) is 19.0 Å². The third-order valence-electron chi connectivity index (χ3n) is 3.59. The maximum Gasteiger partial charge on any atom is 0.264 e. The molecule has 2 aliphatic heterocycles. The third-order valence-corrected chi connectivity index (χ3v) is 3.59. The van der Waals surface area contributed by atoms with Gasteiger partial charge in [-0.15, -0.1) is 12.4 Å². The summed E-state index contributed by atoms with van der Waals surface area (Å²) < 4.78 is 0. The van der Waals surface area contributed by atoms with Crippen LogP contribution in [0.5, 0.6) is 0 Å². The summed E-state index contributed by atoms with van der Waals surface area (Å²) in [4.78, 5) is 19.4. The SMILES string of the molecule is CC(C)C1=NOC(C(=O)NCCN2CCNCC2)C1.Cl. The smallest absolute Gasteiger partial charge is 0.264 e. The van der Waals surface area contributed by atoms with Crippen LogP contribution in [-0.4, -0.2) is 61.9 Å². The molecule has 7 heteroatoms. The van der Waals surface area contributed by atoms with Crippen molar-refractivity contribution in [2.75, 3.05) is 39.3 Å². The molecule has 1 amide bonds. The molecule has 1 fully saturated rings. The number of hydrogen-bond acceptors (Lipinski definition) is 5. The van der Waals surface area contributed by atoms with Gasteiger partial charge in [-0.3, -0.25) is 9.69 Å². The number of piperazine rings is 1. The zero-order chi connectivity index (χ0) is 13.7. The first-order chi connectivity index (χ1) is 9.16. The molecule has 2 aliphatic rings. The Labute approximate surface area is 126 Å². The highest BCUT2D eigenvalue weighted by Gasteiger charge is 2.29. The van der Waals surface area contributed by atoms with Crippen molar-refractivity contribution in [3.8, 4) is 0 Å². The van der Waals surface area contributed by atoms with Crippen molar-refractivity contribution in [1.82, 2.24) is 15.5 Å². The molecule has 0 aliphatic carbocycles. The molecule has 1 unspecified atom stereocenters. The van der Waals surface area contributed by atoms with Crippen LogP contribution >= 0.6 is 12.4 Å². The van der Waals surface area contributed by atoms with Crippen molar-refractivity contribution in [3.63, 3.8) is 0 Å². The topological polar surface area (TPSA) is 66.0 Å². The maximum absolute atomic E-state index is 11.9. The number of halogens is 1. The molecule has 0 aromatic heterocycles. The van der Waals surface area contributed by atoms with E-state index in [1.54, 1.807) is 0 Å². The Hall–Kier alpha value is -0.850. The molecule has 2 heterocycles. The molecule has 0 aromatic carbocycles. The molecule has 0 radical (unpaired) electrons. The van der Waals surface area contributed by atoms with Gasteiger partial charge >= 0.3 is 0 Å². The molecule has 0 saturated carbocycles. The number of carbonyl (C=O) groups excluding carboxylic acids is 1. The average Bonchev–Trinajstić information content (AvgIpc) is 2.89. The van der Waals surface area contributed by atoms with Crippen LogP contribution in [0, 0.1) is 5.92 Å². The first-order valence-corrected chi connectivity index (χ1v) is 7.10. The minimum atomic E-state index is -0.430. The Morgan fingerprint density at radius 3 is 2.80 bits per heavy atom. The Morgan fingerprint density at radius 1 is 1.50 bits per heavy atom. The lowest BCUT2D eigenvalue weighted by atomic mass is 10.0. The van der Waals surface area contributed by atoms with E-state index < -0.39 is 6.10 Å². The number of carbonyl (C=O) groups is 1. The van der Waals surface area contributed by atoms with E-state index in [0.717, 1.165) is 38.4 Å². The van der Waals surface area contributed by atoms with Crippen LogP contribution in [-0.2, 0) is 9.63 Å². The van der Waals surface area contributed by atoms with Crippen molar-refractivity contribution in [2.24, 2.45) is 11.1 Å². The summed E-state index contributed by atoms with van der Waals surface area (Å²) in [6.07, 6.45) is 0.192. The lowest BCUT2D eigenvalue weighted by Gasteiger charge is -2.27. The lowest BCUT2D eigenvalue weighted by molar-refractivity contribution is -0.131. The first kappa shape index (κ1) is 17.2. The highest BCUT2D eigenvalue weighted by molar-refractivity contribution is 5.93. The molecule has 0 aromatic rings. The predicted molar refractivity (Wildman–Crippen MR) is 81.3 cm³/mol. The zero-order valence-corrected chi connectivity index (χ0v) is 13.0. The van der Waals surface area contributed by atoms with Crippen molar-refractivity contribution >= 4 is 24.0 Å². The van der Waals surface area contributed by atoms with E-state index in [1.165, 1.54) is 0 Å². The summed E-state index contributed by atoms with van der Waals surface area (Å²) in [6, 6.07) is 0. The summed E-state index contributed by atoms with van der Waals surface area (Å²) in [7, 11) is 0. The Kier molecular flexibility index (Phi) is 7.26. The highest BCUT2D eigenvalue weighted by Crippen LogP contribution is 2.15. The fraction of sp³-hybridized carbons (Fsp3) is 0.846. The van der Waals surface area contributed by atoms with E-state index in [4.69, 9.17) is 4.84 Å².